The summed E-state index contributed by atoms with van der Waals surface area (Å²) in [6.07, 6.45) is 0. The van der Waals surface area contributed by atoms with Gasteiger partial charge in [0.05, 0.1) is 18.1 Å². The van der Waals surface area contributed by atoms with Crippen LogP contribution in [0.5, 0.6) is 0 Å². The number of hydrogen-bond donors (Lipinski definition) is 1. The molecule has 2 aromatic rings. The largest absolute Gasteiger partial charge is 0.379 e. The van der Waals surface area contributed by atoms with Gasteiger partial charge in [0.15, 0.2) is 0 Å². The van der Waals surface area contributed by atoms with Crippen LogP contribution in [0, 0.1) is 10.1 Å². The van der Waals surface area contributed by atoms with Crippen LogP contribution in [0.25, 0.3) is 0 Å². The molecular formula is C18H19N3O4. The number of amides is 1. The number of benzene rings is 2. The lowest BCUT2D eigenvalue weighted by Gasteiger charge is -2.33. The molecule has 1 aliphatic heterocycles. The topological polar surface area (TPSA) is 84.7 Å². The minimum atomic E-state index is -0.480. The van der Waals surface area contributed by atoms with E-state index in [9.17, 15) is 14.9 Å². The van der Waals surface area contributed by atoms with Crippen molar-refractivity contribution in [2.45, 2.75) is 6.04 Å². The van der Waals surface area contributed by atoms with Crippen LogP contribution >= 0.6 is 0 Å². The number of hydrogen-bond acceptors (Lipinski definition) is 5. The Kier molecular flexibility index (Phi) is 5.37. The van der Waals surface area contributed by atoms with Gasteiger partial charge in [-0.15, -0.1) is 0 Å². The van der Waals surface area contributed by atoms with Crippen molar-refractivity contribution in [2.24, 2.45) is 0 Å². The average Bonchev–Trinajstić information content (AvgIpc) is 2.64. The summed E-state index contributed by atoms with van der Waals surface area (Å²) in [4.78, 5) is 25.4. The van der Waals surface area contributed by atoms with Crippen molar-refractivity contribution in [2.75, 3.05) is 31.6 Å². The Morgan fingerprint density at radius 2 is 1.84 bits per heavy atom. The summed E-state index contributed by atoms with van der Waals surface area (Å²) in [6.45, 7) is 2.46. The van der Waals surface area contributed by atoms with Gasteiger partial charge >= 0.3 is 0 Å². The summed E-state index contributed by atoms with van der Waals surface area (Å²) in [7, 11) is 0. The molecule has 0 unspecified atom stereocenters. The first kappa shape index (κ1) is 17.1. The van der Waals surface area contributed by atoms with Crippen molar-refractivity contribution in [3.63, 3.8) is 0 Å². The molecule has 0 saturated carbocycles. The molecule has 1 heterocycles. The number of nitrogens with one attached hydrogen (secondary N) is 1. The van der Waals surface area contributed by atoms with Gasteiger partial charge in [-0.3, -0.25) is 19.8 Å². The predicted molar refractivity (Wildman–Crippen MR) is 93.3 cm³/mol. The fourth-order valence-electron chi connectivity index (χ4n) is 2.91. The van der Waals surface area contributed by atoms with E-state index >= 15 is 0 Å². The molecule has 0 bridgehead atoms. The maximum Gasteiger partial charge on any atom is 0.271 e. The van der Waals surface area contributed by atoms with Gasteiger partial charge in [-0.1, -0.05) is 36.4 Å². The lowest BCUT2D eigenvalue weighted by molar-refractivity contribution is -0.384. The van der Waals surface area contributed by atoms with Crippen LogP contribution in [-0.4, -0.2) is 42.0 Å². The first-order valence-corrected chi connectivity index (χ1v) is 8.07. The second-order valence-corrected chi connectivity index (χ2v) is 5.76. The zero-order chi connectivity index (χ0) is 17.6. The molecule has 7 nitrogen and oxygen atoms in total. The van der Waals surface area contributed by atoms with Crippen molar-refractivity contribution in [3.05, 3.63) is 70.3 Å². The van der Waals surface area contributed by atoms with E-state index in [1.54, 1.807) is 12.1 Å². The molecule has 0 radical (unpaired) electrons. The number of nitro benzene ring substituents is 1. The molecule has 7 heteroatoms. The molecule has 1 fully saturated rings. The number of anilines is 1. The van der Waals surface area contributed by atoms with Crippen LogP contribution in [0.2, 0.25) is 0 Å². The van der Waals surface area contributed by atoms with Gasteiger partial charge in [0.2, 0.25) is 5.91 Å². The highest BCUT2D eigenvalue weighted by Gasteiger charge is 2.29. The first-order valence-electron chi connectivity index (χ1n) is 8.07. The van der Waals surface area contributed by atoms with E-state index in [1.807, 2.05) is 30.3 Å². The van der Waals surface area contributed by atoms with Crippen LogP contribution < -0.4 is 5.32 Å². The molecule has 2 aromatic carbocycles. The van der Waals surface area contributed by atoms with Crippen molar-refractivity contribution in [1.29, 1.82) is 0 Å². The molecule has 130 valence electrons. The molecule has 0 aliphatic carbocycles. The van der Waals surface area contributed by atoms with Gasteiger partial charge in [0.25, 0.3) is 5.69 Å². The summed E-state index contributed by atoms with van der Waals surface area (Å²) in [5, 5.41) is 13.7. The molecular weight excluding hydrogens is 322 g/mol. The number of nitrogens with zero attached hydrogens (tertiary/aromatic N) is 2. The standard InChI is InChI=1S/C18H19N3O4/c22-18(19-15-7-4-8-16(13-15)21(23)24)17(14-5-2-1-3-6-14)20-9-11-25-12-10-20/h1-8,13,17H,9-12H2,(H,19,22)/t17-/m1/s1. The Hall–Kier alpha value is -2.77. The molecule has 1 amide bonds. The number of carbonyl (C=O) groups is 1. The minimum absolute atomic E-state index is 0.0552. The molecule has 25 heavy (non-hydrogen) atoms. The van der Waals surface area contributed by atoms with E-state index in [2.05, 4.69) is 10.2 Å². The van der Waals surface area contributed by atoms with Crippen LogP contribution in [0.3, 0.4) is 0 Å². The molecule has 3 rings (SSSR count). The van der Waals surface area contributed by atoms with Gasteiger partial charge < -0.3 is 10.1 Å². The number of non-ortho nitro benzene ring substituents is 1. The van der Waals surface area contributed by atoms with Crippen LogP contribution in [-0.2, 0) is 9.53 Å². The molecule has 0 aromatic heterocycles. The Balaban J connectivity index is 1.84. The maximum atomic E-state index is 12.9. The van der Waals surface area contributed by atoms with Crippen molar-refractivity contribution in [3.8, 4) is 0 Å². The SMILES string of the molecule is O=C(Nc1cccc([N+](=O)[O-])c1)[C@@H](c1ccccc1)N1CCOCC1. The highest BCUT2D eigenvalue weighted by atomic mass is 16.6. The van der Waals surface area contributed by atoms with Crippen LogP contribution in [0.4, 0.5) is 11.4 Å². The Morgan fingerprint density at radius 3 is 2.52 bits per heavy atom. The molecule has 1 N–H and O–H groups in total. The third-order valence-electron chi connectivity index (χ3n) is 4.10. The first-order chi connectivity index (χ1) is 12.1. The Morgan fingerprint density at radius 1 is 1.12 bits per heavy atom. The fourth-order valence-corrected chi connectivity index (χ4v) is 2.91. The summed E-state index contributed by atoms with van der Waals surface area (Å²) < 4.78 is 5.38. The normalized spacial score (nSPS) is 16.2. The zero-order valence-electron chi connectivity index (χ0n) is 13.6. The van der Waals surface area contributed by atoms with E-state index in [1.165, 1.54) is 12.1 Å². The number of ether oxygens (including phenoxy) is 1. The fraction of sp³-hybridized carbons (Fsp3) is 0.278. The lowest BCUT2D eigenvalue weighted by atomic mass is 10.0. The van der Waals surface area contributed by atoms with Crippen molar-refractivity contribution >= 4 is 17.3 Å². The third kappa shape index (κ3) is 4.20. The summed E-state index contributed by atoms with van der Waals surface area (Å²) in [5.41, 5.74) is 1.24. The Bertz CT molecular complexity index is 745. The van der Waals surface area contributed by atoms with E-state index in [-0.39, 0.29) is 11.6 Å². The highest BCUT2D eigenvalue weighted by molar-refractivity contribution is 5.95. The highest BCUT2D eigenvalue weighted by Crippen LogP contribution is 2.25. The van der Waals surface area contributed by atoms with Crippen molar-refractivity contribution < 1.29 is 14.5 Å². The van der Waals surface area contributed by atoms with Crippen LogP contribution in [0.1, 0.15) is 11.6 Å². The van der Waals surface area contributed by atoms with Gasteiger partial charge in [-0.05, 0) is 11.6 Å². The number of carbonyl (C=O) groups excluding carboxylic acids is 1. The van der Waals surface area contributed by atoms with Gasteiger partial charge in [0.1, 0.15) is 6.04 Å². The van der Waals surface area contributed by atoms with E-state index in [0.29, 0.717) is 32.0 Å². The smallest absolute Gasteiger partial charge is 0.271 e. The maximum absolute atomic E-state index is 12.9. The quantitative estimate of drug-likeness (QED) is 0.667. The number of rotatable bonds is 5. The summed E-state index contributed by atoms with van der Waals surface area (Å²) in [5.74, 6) is -0.214. The van der Waals surface area contributed by atoms with Crippen molar-refractivity contribution in [1.82, 2.24) is 4.90 Å². The minimum Gasteiger partial charge on any atom is -0.379 e. The molecule has 1 saturated heterocycles. The predicted octanol–water partition coefficient (Wildman–Crippen LogP) is 2.61. The van der Waals surface area contributed by atoms with E-state index < -0.39 is 11.0 Å². The lowest BCUT2D eigenvalue weighted by Crippen LogP contribution is -2.43. The third-order valence-corrected chi connectivity index (χ3v) is 4.10. The van der Waals surface area contributed by atoms with Gasteiger partial charge in [0, 0.05) is 30.9 Å². The summed E-state index contributed by atoms with van der Waals surface area (Å²) >= 11 is 0. The second-order valence-electron chi connectivity index (χ2n) is 5.76. The summed E-state index contributed by atoms with van der Waals surface area (Å²) in [6, 6.07) is 15.0. The number of nitro groups is 1. The molecule has 0 spiro atoms. The van der Waals surface area contributed by atoms with E-state index in [0.717, 1.165) is 5.56 Å². The second kappa shape index (κ2) is 7.87. The average molecular weight is 341 g/mol. The van der Waals surface area contributed by atoms with E-state index in [4.69, 9.17) is 4.74 Å². The zero-order valence-corrected chi connectivity index (χ0v) is 13.6. The molecule has 1 atom stereocenters. The monoisotopic (exact) mass is 341 g/mol. The van der Waals surface area contributed by atoms with Crippen LogP contribution in [0.15, 0.2) is 54.6 Å². The van der Waals surface area contributed by atoms with Gasteiger partial charge in [-0.2, -0.15) is 0 Å². The number of morpholine rings is 1. The molecule has 1 aliphatic rings. The Labute approximate surface area is 145 Å². The van der Waals surface area contributed by atoms with Gasteiger partial charge in [-0.25, -0.2) is 0 Å².